The van der Waals surface area contributed by atoms with Crippen LogP contribution < -0.4 is 15.0 Å². The van der Waals surface area contributed by atoms with Gasteiger partial charge in [0, 0.05) is 23.1 Å². The molecule has 0 bridgehead atoms. The van der Waals surface area contributed by atoms with E-state index < -0.39 is 0 Å². The van der Waals surface area contributed by atoms with E-state index in [1.54, 1.807) is 22.8 Å². The van der Waals surface area contributed by atoms with Crippen LogP contribution in [0.4, 0.5) is 5.82 Å². The molecule has 2 aromatic carbocycles. The van der Waals surface area contributed by atoms with E-state index in [0.29, 0.717) is 23.1 Å². The highest BCUT2D eigenvalue weighted by molar-refractivity contribution is 8.00. The Morgan fingerprint density at radius 2 is 1.89 bits per heavy atom. The van der Waals surface area contributed by atoms with Crippen molar-refractivity contribution >= 4 is 41.0 Å². The number of carbonyl (C=O) groups is 2. The highest BCUT2D eigenvalue weighted by Crippen LogP contribution is 2.50. The Bertz CT molecular complexity index is 1300. The van der Waals surface area contributed by atoms with Crippen LogP contribution in [0.5, 0.6) is 5.75 Å². The smallest absolute Gasteiger partial charge is 0.240 e. The average molecular weight is 541 g/mol. The standard InChI is InChI=1S/C28H33ClN4O3S/c1-6-15-30-22(34)16-32-23(35)17-37-25(18-11-7-10-14-21(18)36-5)24-26(28(2,3)4)31-33(27(24)32)20-13-9-8-12-19(20)29/h7-14,25H,6,15-17H2,1-5H3,(H,30,34)/t25-/m0/s1. The topological polar surface area (TPSA) is 76.5 Å². The van der Waals surface area contributed by atoms with Crippen molar-refractivity contribution in [3.63, 3.8) is 0 Å². The number of para-hydroxylation sites is 2. The molecule has 37 heavy (non-hydrogen) atoms. The van der Waals surface area contributed by atoms with E-state index in [0.717, 1.165) is 29.0 Å². The molecule has 1 aromatic heterocycles. The van der Waals surface area contributed by atoms with Crippen molar-refractivity contribution in [2.45, 2.75) is 44.8 Å². The third kappa shape index (κ3) is 5.50. The predicted molar refractivity (Wildman–Crippen MR) is 150 cm³/mol. The van der Waals surface area contributed by atoms with Crippen molar-refractivity contribution in [3.05, 3.63) is 70.4 Å². The summed E-state index contributed by atoms with van der Waals surface area (Å²) >= 11 is 8.18. The van der Waals surface area contributed by atoms with Gasteiger partial charge < -0.3 is 10.1 Å². The molecule has 1 atom stereocenters. The van der Waals surface area contributed by atoms with Gasteiger partial charge in [0.25, 0.3) is 0 Å². The van der Waals surface area contributed by atoms with E-state index in [2.05, 4.69) is 26.1 Å². The molecule has 3 aromatic rings. The molecule has 4 rings (SSSR count). The van der Waals surface area contributed by atoms with Crippen molar-refractivity contribution < 1.29 is 14.3 Å². The summed E-state index contributed by atoms with van der Waals surface area (Å²) in [5, 5.41) is 8.23. The zero-order chi connectivity index (χ0) is 26.7. The molecule has 1 N–H and O–H groups in total. The highest BCUT2D eigenvalue weighted by Gasteiger charge is 2.40. The second-order valence-corrected chi connectivity index (χ2v) is 11.5. The first-order chi connectivity index (χ1) is 17.7. The molecule has 0 saturated heterocycles. The summed E-state index contributed by atoms with van der Waals surface area (Å²) in [5.74, 6) is 1.12. The Hall–Kier alpha value is -2.97. The molecule has 9 heteroatoms. The van der Waals surface area contributed by atoms with Gasteiger partial charge in [0.2, 0.25) is 11.8 Å². The van der Waals surface area contributed by atoms with Crippen molar-refractivity contribution in [1.29, 1.82) is 0 Å². The summed E-state index contributed by atoms with van der Waals surface area (Å²) in [6, 6.07) is 15.3. The molecule has 0 aliphatic carbocycles. The van der Waals surface area contributed by atoms with Crippen molar-refractivity contribution in [2.75, 3.05) is 30.9 Å². The Labute approximate surface area is 227 Å². The first kappa shape index (κ1) is 27.1. The predicted octanol–water partition coefficient (Wildman–Crippen LogP) is 5.53. The van der Waals surface area contributed by atoms with Crippen molar-refractivity contribution in [3.8, 4) is 11.4 Å². The van der Waals surface area contributed by atoms with Crippen LogP contribution in [0.15, 0.2) is 48.5 Å². The van der Waals surface area contributed by atoms with Gasteiger partial charge in [-0.25, -0.2) is 4.68 Å². The largest absolute Gasteiger partial charge is 0.496 e. The van der Waals surface area contributed by atoms with E-state index in [1.807, 2.05) is 49.4 Å². The number of aromatic nitrogens is 2. The van der Waals surface area contributed by atoms with Gasteiger partial charge in [-0.2, -0.15) is 5.10 Å². The van der Waals surface area contributed by atoms with Crippen molar-refractivity contribution in [1.82, 2.24) is 15.1 Å². The Kier molecular flexibility index (Phi) is 8.19. The number of fused-ring (bicyclic) bond motifs is 1. The molecule has 7 nitrogen and oxygen atoms in total. The summed E-state index contributed by atoms with van der Waals surface area (Å²) < 4.78 is 7.46. The summed E-state index contributed by atoms with van der Waals surface area (Å²) in [4.78, 5) is 28.1. The fourth-order valence-corrected chi connectivity index (χ4v) is 5.90. The molecule has 1 aliphatic heterocycles. The lowest BCUT2D eigenvalue weighted by Crippen LogP contribution is -2.42. The Balaban J connectivity index is 2.04. The lowest BCUT2D eigenvalue weighted by molar-refractivity contribution is -0.122. The van der Waals surface area contributed by atoms with Crippen LogP contribution in [0.25, 0.3) is 5.69 Å². The summed E-state index contributed by atoms with van der Waals surface area (Å²) in [6.45, 7) is 8.73. The maximum atomic E-state index is 13.7. The normalized spacial score (nSPS) is 15.8. The van der Waals surface area contributed by atoms with Gasteiger partial charge in [0.1, 0.15) is 18.1 Å². The summed E-state index contributed by atoms with van der Waals surface area (Å²) in [5.41, 5.74) is 2.95. The molecular formula is C28H33ClN4O3S. The van der Waals surface area contributed by atoms with E-state index in [9.17, 15) is 9.59 Å². The summed E-state index contributed by atoms with van der Waals surface area (Å²) in [6.07, 6.45) is 0.808. The number of carbonyl (C=O) groups excluding carboxylic acids is 2. The molecule has 0 saturated carbocycles. The monoisotopic (exact) mass is 540 g/mol. The number of nitrogens with one attached hydrogen (secondary N) is 1. The number of thioether (sulfide) groups is 1. The summed E-state index contributed by atoms with van der Waals surface area (Å²) in [7, 11) is 1.65. The minimum Gasteiger partial charge on any atom is -0.496 e. The number of anilines is 1. The van der Waals surface area contributed by atoms with Gasteiger partial charge in [0.15, 0.2) is 0 Å². The van der Waals surface area contributed by atoms with Gasteiger partial charge in [0.05, 0.1) is 34.5 Å². The molecule has 0 radical (unpaired) electrons. The van der Waals surface area contributed by atoms with E-state index in [4.69, 9.17) is 21.4 Å². The van der Waals surface area contributed by atoms with Gasteiger partial charge in [-0.05, 0) is 24.6 Å². The maximum Gasteiger partial charge on any atom is 0.240 e. The molecule has 0 spiro atoms. The van der Waals surface area contributed by atoms with E-state index >= 15 is 0 Å². The zero-order valence-corrected chi connectivity index (χ0v) is 23.4. The van der Waals surface area contributed by atoms with Crippen LogP contribution in [-0.4, -0.2) is 47.5 Å². The van der Waals surface area contributed by atoms with Crippen molar-refractivity contribution in [2.24, 2.45) is 0 Å². The Morgan fingerprint density at radius 3 is 2.57 bits per heavy atom. The third-order valence-corrected chi connectivity index (χ3v) is 7.73. The number of amides is 2. The van der Waals surface area contributed by atoms with E-state index in [1.165, 1.54) is 11.8 Å². The minimum atomic E-state index is -0.360. The molecule has 1 aliphatic rings. The lowest BCUT2D eigenvalue weighted by atomic mass is 9.87. The Morgan fingerprint density at radius 1 is 1.19 bits per heavy atom. The molecule has 0 unspecified atom stereocenters. The van der Waals surface area contributed by atoms with Crippen LogP contribution in [-0.2, 0) is 15.0 Å². The fourth-order valence-electron chi connectivity index (χ4n) is 4.46. The quantitative estimate of drug-likeness (QED) is 0.426. The highest BCUT2D eigenvalue weighted by atomic mass is 35.5. The van der Waals surface area contributed by atoms with Gasteiger partial charge in [-0.3, -0.25) is 14.5 Å². The van der Waals surface area contributed by atoms with Crippen LogP contribution in [0.1, 0.15) is 56.2 Å². The minimum absolute atomic E-state index is 0.106. The van der Waals surface area contributed by atoms with Crippen LogP contribution in [0.2, 0.25) is 5.02 Å². The van der Waals surface area contributed by atoms with Gasteiger partial charge >= 0.3 is 0 Å². The average Bonchev–Trinajstić information content (AvgIpc) is 3.21. The first-order valence-corrected chi connectivity index (χ1v) is 13.8. The van der Waals surface area contributed by atoms with Gasteiger partial charge in [-0.1, -0.05) is 69.6 Å². The number of hydrogen-bond donors (Lipinski definition) is 1. The third-order valence-electron chi connectivity index (χ3n) is 6.18. The van der Waals surface area contributed by atoms with Crippen LogP contribution >= 0.6 is 23.4 Å². The molecule has 2 heterocycles. The number of rotatable bonds is 7. The number of halogens is 1. The SMILES string of the molecule is CCCNC(=O)CN1C(=O)CS[C@@H](c2ccccc2OC)c2c(C(C)(C)C)nn(-c3ccccc3Cl)c21. The van der Waals surface area contributed by atoms with Gasteiger partial charge in [-0.15, -0.1) is 11.8 Å². The number of benzene rings is 2. The van der Waals surface area contributed by atoms with E-state index in [-0.39, 0.29) is 34.8 Å². The zero-order valence-electron chi connectivity index (χ0n) is 21.9. The number of methoxy groups -OCH3 is 1. The first-order valence-electron chi connectivity index (χ1n) is 12.4. The number of nitrogens with zero attached hydrogens (tertiary/aromatic N) is 3. The fraction of sp³-hybridized carbons (Fsp3) is 0.393. The molecular weight excluding hydrogens is 508 g/mol. The second kappa shape index (κ2) is 11.2. The molecule has 2 amide bonds. The maximum absolute atomic E-state index is 13.7. The lowest BCUT2D eigenvalue weighted by Gasteiger charge is -2.25. The number of hydrogen-bond acceptors (Lipinski definition) is 5. The molecule has 0 fully saturated rings. The number of ether oxygens (including phenoxy) is 1. The van der Waals surface area contributed by atoms with Crippen LogP contribution in [0, 0.1) is 0 Å². The van der Waals surface area contributed by atoms with Crippen LogP contribution in [0.3, 0.4) is 0 Å². The second-order valence-electron chi connectivity index (χ2n) is 9.96. The molecule has 196 valence electrons.